The average Bonchev–Trinajstić information content (AvgIpc) is 2.55. The SMILES string of the molecule is Cc1ccccc1N1CCN(CCc2ccncc2)CC1. The van der Waals surface area contributed by atoms with Crippen LogP contribution in [0.25, 0.3) is 0 Å². The Morgan fingerprint density at radius 3 is 2.38 bits per heavy atom. The van der Waals surface area contributed by atoms with Crippen LogP contribution in [0.2, 0.25) is 0 Å². The summed E-state index contributed by atoms with van der Waals surface area (Å²) in [6, 6.07) is 12.9. The van der Waals surface area contributed by atoms with E-state index in [1.165, 1.54) is 16.8 Å². The van der Waals surface area contributed by atoms with Crippen molar-refractivity contribution >= 4 is 5.69 Å². The van der Waals surface area contributed by atoms with Gasteiger partial charge in [0.25, 0.3) is 0 Å². The fraction of sp³-hybridized carbons (Fsp3) is 0.389. The van der Waals surface area contributed by atoms with E-state index in [1.807, 2.05) is 12.4 Å². The number of hydrogen-bond donors (Lipinski definition) is 0. The molecule has 0 radical (unpaired) electrons. The smallest absolute Gasteiger partial charge is 0.0396 e. The summed E-state index contributed by atoms with van der Waals surface area (Å²) in [5.74, 6) is 0. The van der Waals surface area contributed by atoms with Gasteiger partial charge in [-0.05, 0) is 42.7 Å². The van der Waals surface area contributed by atoms with Crippen LogP contribution in [0.3, 0.4) is 0 Å². The normalized spacial score (nSPS) is 16.1. The molecule has 1 aliphatic heterocycles. The van der Waals surface area contributed by atoms with Gasteiger partial charge in [0.2, 0.25) is 0 Å². The number of piperazine rings is 1. The molecule has 0 atom stereocenters. The van der Waals surface area contributed by atoms with Crippen molar-refractivity contribution in [1.82, 2.24) is 9.88 Å². The Bertz CT molecular complexity index is 560. The van der Waals surface area contributed by atoms with Crippen LogP contribution in [0.15, 0.2) is 48.8 Å². The summed E-state index contributed by atoms with van der Waals surface area (Å²) in [5, 5.41) is 0. The number of aromatic nitrogens is 1. The van der Waals surface area contributed by atoms with Gasteiger partial charge in [0.15, 0.2) is 0 Å². The highest BCUT2D eigenvalue weighted by molar-refractivity contribution is 5.53. The average molecular weight is 281 g/mol. The maximum atomic E-state index is 4.07. The summed E-state index contributed by atoms with van der Waals surface area (Å²) in [6.45, 7) is 7.90. The van der Waals surface area contributed by atoms with Crippen molar-refractivity contribution in [2.75, 3.05) is 37.6 Å². The molecule has 2 aromatic rings. The Labute approximate surface area is 127 Å². The number of nitrogens with zero attached hydrogens (tertiary/aromatic N) is 3. The number of para-hydroxylation sites is 1. The molecule has 1 aromatic heterocycles. The van der Waals surface area contributed by atoms with Crippen LogP contribution in [-0.4, -0.2) is 42.6 Å². The highest BCUT2D eigenvalue weighted by Gasteiger charge is 2.17. The number of hydrogen-bond acceptors (Lipinski definition) is 3. The number of rotatable bonds is 4. The third-order valence-corrected chi connectivity index (χ3v) is 4.29. The Kier molecular flexibility index (Phi) is 4.51. The monoisotopic (exact) mass is 281 g/mol. The van der Waals surface area contributed by atoms with Crippen LogP contribution < -0.4 is 4.90 Å². The zero-order valence-electron chi connectivity index (χ0n) is 12.7. The molecule has 3 heteroatoms. The van der Waals surface area contributed by atoms with Gasteiger partial charge < -0.3 is 4.90 Å². The first-order chi connectivity index (χ1) is 10.3. The lowest BCUT2D eigenvalue weighted by molar-refractivity contribution is 0.261. The molecule has 0 saturated carbocycles. The molecule has 1 fully saturated rings. The number of pyridine rings is 1. The summed E-state index contributed by atoms with van der Waals surface area (Å²) < 4.78 is 0. The van der Waals surface area contributed by atoms with E-state index in [-0.39, 0.29) is 0 Å². The standard InChI is InChI=1S/C18H23N3/c1-16-4-2-3-5-18(16)21-14-12-20(13-15-21)11-8-17-6-9-19-10-7-17/h2-7,9-10H,8,11-15H2,1H3. The van der Waals surface area contributed by atoms with Crippen LogP contribution in [-0.2, 0) is 6.42 Å². The summed E-state index contributed by atoms with van der Waals surface area (Å²) in [7, 11) is 0. The van der Waals surface area contributed by atoms with Gasteiger partial charge in [-0.2, -0.15) is 0 Å². The second-order valence-electron chi connectivity index (χ2n) is 5.72. The molecule has 1 saturated heterocycles. The van der Waals surface area contributed by atoms with E-state index in [9.17, 15) is 0 Å². The van der Waals surface area contributed by atoms with Gasteiger partial charge in [-0.25, -0.2) is 0 Å². The van der Waals surface area contributed by atoms with E-state index >= 15 is 0 Å². The predicted octanol–water partition coefficient (Wildman–Crippen LogP) is 2.75. The Hall–Kier alpha value is -1.87. The number of anilines is 1. The Morgan fingerprint density at radius 1 is 0.952 bits per heavy atom. The Morgan fingerprint density at radius 2 is 1.67 bits per heavy atom. The third-order valence-electron chi connectivity index (χ3n) is 4.29. The zero-order valence-corrected chi connectivity index (χ0v) is 12.7. The molecule has 0 bridgehead atoms. The van der Waals surface area contributed by atoms with Gasteiger partial charge >= 0.3 is 0 Å². The molecule has 0 amide bonds. The van der Waals surface area contributed by atoms with Crippen LogP contribution in [0.5, 0.6) is 0 Å². The van der Waals surface area contributed by atoms with E-state index in [4.69, 9.17) is 0 Å². The minimum atomic E-state index is 1.12. The summed E-state index contributed by atoms with van der Waals surface area (Å²) in [5.41, 5.74) is 4.15. The summed E-state index contributed by atoms with van der Waals surface area (Å²) in [4.78, 5) is 9.15. The highest BCUT2D eigenvalue weighted by atomic mass is 15.3. The largest absolute Gasteiger partial charge is 0.369 e. The quantitative estimate of drug-likeness (QED) is 0.859. The topological polar surface area (TPSA) is 19.4 Å². The molecule has 2 heterocycles. The van der Waals surface area contributed by atoms with Crippen molar-refractivity contribution in [3.8, 4) is 0 Å². The molecule has 21 heavy (non-hydrogen) atoms. The molecule has 0 spiro atoms. The summed E-state index contributed by atoms with van der Waals surface area (Å²) in [6.07, 6.45) is 4.88. The fourth-order valence-corrected chi connectivity index (χ4v) is 2.97. The molecule has 0 N–H and O–H groups in total. The van der Waals surface area contributed by atoms with Crippen LogP contribution in [0.4, 0.5) is 5.69 Å². The van der Waals surface area contributed by atoms with Gasteiger partial charge in [0.05, 0.1) is 0 Å². The van der Waals surface area contributed by atoms with E-state index in [1.54, 1.807) is 0 Å². The first kappa shape index (κ1) is 14.1. The second-order valence-corrected chi connectivity index (χ2v) is 5.72. The lowest BCUT2D eigenvalue weighted by Crippen LogP contribution is -2.47. The van der Waals surface area contributed by atoms with Gasteiger partial charge in [0, 0.05) is 50.8 Å². The minimum absolute atomic E-state index is 1.12. The van der Waals surface area contributed by atoms with Crippen molar-refractivity contribution in [2.24, 2.45) is 0 Å². The van der Waals surface area contributed by atoms with Crippen molar-refractivity contribution in [3.63, 3.8) is 0 Å². The molecule has 1 aromatic carbocycles. The molecule has 0 aliphatic carbocycles. The molecule has 3 rings (SSSR count). The van der Waals surface area contributed by atoms with Crippen molar-refractivity contribution in [3.05, 3.63) is 59.9 Å². The molecule has 110 valence electrons. The lowest BCUT2D eigenvalue weighted by Gasteiger charge is -2.36. The summed E-state index contributed by atoms with van der Waals surface area (Å²) >= 11 is 0. The first-order valence-electron chi connectivity index (χ1n) is 7.75. The van der Waals surface area contributed by atoms with Gasteiger partial charge in [-0.1, -0.05) is 18.2 Å². The number of benzene rings is 1. The van der Waals surface area contributed by atoms with Gasteiger partial charge in [-0.3, -0.25) is 9.88 Å². The molecule has 3 nitrogen and oxygen atoms in total. The maximum Gasteiger partial charge on any atom is 0.0396 e. The van der Waals surface area contributed by atoms with Gasteiger partial charge in [-0.15, -0.1) is 0 Å². The van der Waals surface area contributed by atoms with Crippen molar-refractivity contribution in [2.45, 2.75) is 13.3 Å². The highest BCUT2D eigenvalue weighted by Crippen LogP contribution is 2.20. The Balaban J connectivity index is 1.50. The van der Waals surface area contributed by atoms with Crippen LogP contribution in [0, 0.1) is 6.92 Å². The van der Waals surface area contributed by atoms with E-state index < -0.39 is 0 Å². The molecule has 1 aliphatic rings. The predicted molar refractivity (Wildman–Crippen MR) is 87.8 cm³/mol. The van der Waals surface area contributed by atoms with Crippen LogP contribution >= 0.6 is 0 Å². The number of aryl methyl sites for hydroxylation is 1. The van der Waals surface area contributed by atoms with Crippen molar-refractivity contribution in [1.29, 1.82) is 0 Å². The fourth-order valence-electron chi connectivity index (χ4n) is 2.97. The minimum Gasteiger partial charge on any atom is -0.369 e. The zero-order chi connectivity index (χ0) is 14.5. The molecular weight excluding hydrogens is 258 g/mol. The second kappa shape index (κ2) is 6.72. The van der Waals surface area contributed by atoms with E-state index in [0.29, 0.717) is 0 Å². The molecular formula is C18H23N3. The van der Waals surface area contributed by atoms with E-state index in [0.717, 1.165) is 39.1 Å². The van der Waals surface area contributed by atoms with E-state index in [2.05, 4.69) is 58.1 Å². The maximum absolute atomic E-state index is 4.07. The first-order valence-corrected chi connectivity index (χ1v) is 7.75. The van der Waals surface area contributed by atoms with Crippen molar-refractivity contribution < 1.29 is 0 Å². The third kappa shape index (κ3) is 3.61. The van der Waals surface area contributed by atoms with Gasteiger partial charge in [0.1, 0.15) is 0 Å². The van der Waals surface area contributed by atoms with Crippen LogP contribution in [0.1, 0.15) is 11.1 Å². The molecule has 0 unspecified atom stereocenters. The lowest BCUT2D eigenvalue weighted by atomic mass is 10.1.